The molecule has 31 heavy (non-hydrogen) atoms. The summed E-state index contributed by atoms with van der Waals surface area (Å²) < 4.78 is 84.0. The van der Waals surface area contributed by atoms with Crippen LogP contribution in [0.1, 0.15) is 31.9 Å². The van der Waals surface area contributed by atoms with E-state index in [1.165, 1.54) is 20.8 Å². The highest BCUT2D eigenvalue weighted by Crippen LogP contribution is 2.37. The molecule has 0 unspecified atom stereocenters. The number of amides is 1. The minimum absolute atomic E-state index is 0.411. The van der Waals surface area contributed by atoms with Crippen molar-refractivity contribution >= 4 is 40.7 Å². The zero-order valence-corrected chi connectivity index (χ0v) is 17.5. The van der Waals surface area contributed by atoms with E-state index in [1.54, 1.807) is 0 Å². The summed E-state index contributed by atoms with van der Waals surface area (Å²) >= 11 is 10.9. The van der Waals surface area contributed by atoms with Gasteiger partial charge in [-0.25, -0.2) is 14.8 Å². The first-order valence-corrected chi connectivity index (χ1v) is 9.00. The Hall–Kier alpha value is -2.47. The molecule has 1 amide bonds. The monoisotopic (exact) mass is 490 g/mol. The number of carbonyl (C=O) groups is 1. The van der Waals surface area contributed by atoms with Crippen molar-refractivity contribution in [3.8, 4) is 0 Å². The number of carbonyl (C=O) groups excluding carboxylic acids is 1. The van der Waals surface area contributed by atoms with E-state index < -0.39 is 56.9 Å². The molecule has 0 aliphatic rings. The molecule has 0 atom stereocenters. The summed E-state index contributed by atoms with van der Waals surface area (Å²) in [5.41, 5.74) is -2.45. The van der Waals surface area contributed by atoms with Crippen molar-refractivity contribution in [2.24, 2.45) is 0 Å². The van der Waals surface area contributed by atoms with Gasteiger partial charge in [-0.1, -0.05) is 23.2 Å². The molecule has 0 aliphatic heterocycles. The number of halogens is 8. The molecule has 2 rings (SSSR count). The molecule has 0 aromatic carbocycles. The third kappa shape index (κ3) is 6.50. The number of rotatable bonds is 3. The largest absolute Gasteiger partial charge is 0.442 e. The van der Waals surface area contributed by atoms with E-state index in [-0.39, 0.29) is 0 Å². The number of alkyl halides is 6. The second-order valence-electron chi connectivity index (χ2n) is 7.02. The van der Waals surface area contributed by atoms with Crippen LogP contribution in [0.5, 0.6) is 0 Å². The average Bonchev–Trinajstić information content (AvgIpc) is 2.58. The van der Waals surface area contributed by atoms with Gasteiger partial charge in [0.25, 0.3) is 0 Å². The third-order valence-electron chi connectivity index (χ3n) is 3.35. The number of hydrogen-bond acceptors (Lipinski definition) is 5. The Morgan fingerprint density at radius 1 is 0.935 bits per heavy atom. The summed E-state index contributed by atoms with van der Waals surface area (Å²) in [6.45, 7) is 4.45. The second kappa shape index (κ2) is 8.58. The maximum Gasteiger partial charge on any atom is 0.434 e. The molecule has 0 fully saturated rings. The Labute approximate surface area is 182 Å². The maximum atomic E-state index is 13.2. The summed E-state index contributed by atoms with van der Waals surface area (Å²) in [7, 11) is 0. The van der Waals surface area contributed by atoms with Crippen molar-refractivity contribution in [2.75, 3.05) is 10.4 Å². The SMILES string of the molecule is CC(C)(C)OC(=O)N(Nc1cnc(Cl)c(C(F)(F)F)c1)c1cnc(Cl)c(C(F)(F)F)c1. The van der Waals surface area contributed by atoms with Crippen molar-refractivity contribution in [1.82, 2.24) is 9.97 Å². The highest BCUT2D eigenvalue weighted by atomic mass is 35.5. The van der Waals surface area contributed by atoms with E-state index in [0.29, 0.717) is 17.1 Å². The van der Waals surface area contributed by atoms with Gasteiger partial charge in [0.2, 0.25) is 0 Å². The molecule has 0 bridgehead atoms. The van der Waals surface area contributed by atoms with Crippen molar-refractivity contribution < 1.29 is 35.9 Å². The van der Waals surface area contributed by atoms with Crippen LogP contribution in [-0.2, 0) is 17.1 Å². The molecule has 0 aliphatic carbocycles. The highest BCUT2D eigenvalue weighted by Gasteiger charge is 2.37. The first kappa shape index (κ1) is 24.8. The van der Waals surface area contributed by atoms with Gasteiger partial charge in [-0.2, -0.15) is 31.4 Å². The van der Waals surface area contributed by atoms with Gasteiger partial charge in [0.1, 0.15) is 15.9 Å². The number of anilines is 2. The standard InChI is InChI=1S/C17H14Cl2F6N4O2/c1-15(2,3)31-14(30)29(9-5-11(17(23,24)25)13(19)27-7-9)28-8-4-10(16(20,21)22)12(18)26-6-8/h4-7,28H,1-3H3. The maximum absolute atomic E-state index is 13.2. The topological polar surface area (TPSA) is 67.3 Å². The van der Waals surface area contributed by atoms with Crippen LogP contribution in [0.25, 0.3) is 0 Å². The van der Waals surface area contributed by atoms with Crippen LogP contribution in [0.3, 0.4) is 0 Å². The minimum atomic E-state index is -4.91. The van der Waals surface area contributed by atoms with Gasteiger partial charge in [0, 0.05) is 0 Å². The van der Waals surface area contributed by atoms with Crippen molar-refractivity contribution in [2.45, 2.75) is 38.7 Å². The van der Waals surface area contributed by atoms with Crippen LogP contribution in [0.4, 0.5) is 42.5 Å². The van der Waals surface area contributed by atoms with Crippen LogP contribution in [0.2, 0.25) is 10.3 Å². The van der Waals surface area contributed by atoms with Gasteiger partial charge >= 0.3 is 18.4 Å². The Kier molecular flexibility index (Phi) is 6.86. The fourth-order valence-electron chi connectivity index (χ4n) is 2.12. The number of nitrogens with zero attached hydrogens (tertiary/aromatic N) is 3. The molecule has 1 N–H and O–H groups in total. The van der Waals surface area contributed by atoms with E-state index in [9.17, 15) is 31.1 Å². The molecular weight excluding hydrogens is 477 g/mol. The molecule has 6 nitrogen and oxygen atoms in total. The third-order valence-corrected chi connectivity index (χ3v) is 3.95. The summed E-state index contributed by atoms with van der Waals surface area (Å²) in [5, 5.41) is -1.29. The van der Waals surface area contributed by atoms with Gasteiger partial charge in [-0.15, -0.1) is 0 Å². The molecule has 2 heterocycles. The molecule has 2 aromatic rings. The quantitative estimate of drug-likeness (QED) is 0.298. The summed E-state index contributed by atoms with van der Waals surface area (Å²) in [6, 6.07) is 1.01. The predicted molar refractivity (Wildman–Crippen MR) is 101 cm³/mol. The Morgan fingerprint density at radius 3 is 1.90 bits per heavy atom. The second-order valence-corrected chi connectivity index (χ2v) is 7.73. The zero-order valence-electron chi connectivity index (χ0n) is 16.0. The Morgan fingerprint density at radius 2 is 1.42 bits per heavy atom. The van der Waals surface area contributed by atoms with E-state index in [0.717, 1.165) is 12.4 Å². The van der Waals surface area contributed by atoms with Crippen LogP contribution >= 0.6 is 23.2 Å². The predicted octanol–water partition coefficient (Wildman–Crippen LogP) is 6.59. The smallest absolute Gasteiger partial charge is 0.434 e. The van der Waals surface area contributed by atoms with E-state index in [1.807, 2.05) is 0 Å². The summed E-state index contributed by atoms with van der Waals surface area (Å²) in [5.74, 6) is 0. The first-order chi connectivity index (χ1) is 14.0. The number of ether oxygens (including phenoxy) is 1. The number of aromatic nitrogens is 2. The van der Waals surface area contributed by atoms with Gasteiger partial charge in [0.15, 0.2) is 0 Å². The number of hydrogen-bond donors (Lipinski definition) is 1. The fourth-order valence-corrected chi connectivity index (χ4v) is 2.54. The van der Waals surface area contributed by atoms with Crippen molar-refractivity contribution in [1.29, 1.82) is 0 Å². The average molecular weight is 491 g/mol. The highest BCUT2D eigenvalue weighted by molar-refractivity contribution is 6.30. The van der Waals surface area contributed by atoms with Gasteiger partial charge in [-0.3, -0.25) is 5.43 Å². The van der Waals surface area contributed by atoms with E-state index in [2.05, 4.69) is 15.4 Å². The molecule has 0 saturated heterocycles. The van der Waals surface area contributed by atoms with Gasteiger partial charge < -0.3 is 4.74 Å². The number of pyridine rings is 2. The lowest BCUT2D eigenvalue weighted by Crippen LogP contribution is -2.41. The lowest BCUT2D eigenvalue weighted by Gasteiger charge is -2.28. The first-order valence-electron chi connectivity index (χ1n) is 8.24. The fraction of sp³-hybridized carbons (Fsp3) is 0.353. The number of nitrogens with one attached hydrogen (secondary N) is 1. The van der Waals surface area contributed by atoms with Crippen LogP contribution in [0, 0.1) is 0 Å². The molecule has 0 saturated carbocycles. The number of hydrazine groups is 1. The molecule has 0 spiro atoms. The normalized spacial score (nSPS) is 12.5. The van der Waals surface area contributed by atoms with Crippen LogP contribution < -0.4 is 10.4 Å². The molecule has 0 radical (unpaired) electrons. The summed E-state index contributed by atoms with van der Waals surface area (Å²) in [4.78, 5) is 19.4. The van der Waals surface area contributed by atoms with Crippen molar-refractivity contribution in [3.63, 3.8) is 0 Å². The molecular formula is C17H14Cl2F6N4O2. The summed E-state index contributed by atoms with van der Waals surface area (Å²) in [6.07, 6.45) is -9.35. The lowest BCUT2D eigenvalue weighted by molar-refractivity contribution is -0.138. The van der Waals surface area contributed by atoms with Crippen LogP contribution in [-0.4, -0.2) is 21.7 Å². The van der Waals surface area contributed by atoms with E-state index in [4.69, 9.17) is 27.9 Å². The Bertz CT molecular complexity index is 977. The molecule has 2 aromatic heterocycles. The molecule has 14 heteroatoms. The Balaban J connectivity index is 2.55. The molecule has 170 valence electrons. The van der Waals surface area contributed by atoms with Crippen molar-refractivity contribution in [3.05, 3.63) is 46.0 Å². The van der Waals surface area contributed by atoms with Gasteiger partial charge in [0.05, 0.1) is 34.9 Å². The van der Waals surface area contributed by atoms with E-state index >= 15 is 0 Å². The van der Waals surface area contributed by atoms with Gasteiger partial charge in [-0.05, 0) is 32.9 Å². The minimum Gasteiger partial charge on any atom is -0.442 e. The lowest BCUT2D eigenvalue weighted by atomic mass is 10.2. The zero-order chi connectivity index (χ0) is 23.8. The van der Waals surface area contributed by atoms with Crippen LogP contribution in [0.15, 0.2) is 24.5 Å².